The van der Waals surface area contributed by atoms with Crippen LogP contribution in [0.15, 0.2) is 71.6 Å². The van der Waals surface area contributed by atoms with Crippen LogP contribution in [0.1, 0.15) is 11.1 Å². The van der Waals surface area contributed by atoms with Gasteiger partial charge >= 0.3 is 0 Å². The minimum absolute atomic E-state index is 0.0718. The van der Waals surface area contributed by atoms with Crippen LogP contribution in [0, 0.1) is 13.8 Å². The number of hydrogen-bond donors (Lipinski definition) is 2. The highest BCUT2D eigenvalue weighted by atomic mass is 32.2. The summed E-state index contributed by atoms with van der Waals surface area (Å²) in [7, 11) is -2.27. The standard InChI is InChI=1S/C23H24N2O5S/c1-16-6-4-9-22(17(16)2)24-23(26)15-30-19-10-12-21(13-11-19)31(27,28)25-18-7-5-8-20(14-18)29-3/h4-14,25H,15H2,1-3H3,(H,24,26). The number of methoxy groups -OCH3 is 1. The zero-order valence-electron chi connectivity index (χ0n) is 17.5. The molecule has 3 aromatic rings. The van der Waals surface area contributed by atoms with Gasteiger partial charge in [0.25, 0.3) is 15.9 Å². The van der Waals surface area contributed by atoms with Crippen molar-refractivity contribution in [3.63, 3.8) is 0 Å². The van der Waals surface area contributed by atoms with Crippen LogP contribution in [0.4, 0.5) is 11.4 Å². The first kappa shape index (κ1) is 22.2. The molecule has 0 aliphatic carbocycles. The zero-order valence-corrected chi connectivity index (χ0v) is 18.3. The Bertz CT molecular complexity index is 1170. The summed E-state index contributed by atoms with van der Waals surface area (Å²) in [5, 5.41) is 2.81. The summed E-state index contributed by atoms with van der Waals surface area (Å²) in [6.45, 7) is 3.71. The number of sulfonamides is 1. The Morgan fingerprint density at radius 2 is 1.65 bits per heavy atom. The molecule has 0 fully saturated rings. The van der Waals surface area contributed by atoms with Gasteiger partial charge in [-0.2, -0.15) is 0 Å². The first-order valence-corrected chi connectivity index (χ1v) is 11.0. The van der Waals surface area contributed by atoms with Gasteiger partial charge in [0.15, 0.2) is 6.61 Å². The summed E-state index contributed by atoms with van der Waals surface area (Å²) in [6, 6.07) is 18.2. The molecule has 0 aliphatic rings. The molecule has 0 unspecified atom stereocenters. The van der Waals surface area contributed by atoms with E-state index in [1.54, 1.807) is 24.3 Å². The monoisotopic (exact) mass is 440 g/mol. The molecule has 7 nitrogen and oxygen atoms in total. The minimum atomic E-state index is -3.78. The quantitative estimate of drug-likeness (QED) is 0.549. The van der Waals surface area contributed by atoms with Gasteiger partial charge in [-0.1, -0.05) is 18.2 Å². The SMILES string of the molecule is COc1cccc(NS(=O)(=O)c2ccc(OCC(=O)Nc3cccc(C)c3C)cc2)c1. The van der Waals surface area contributed by atoms with Crippen LogP contribution < -0.4 is 19.5 Å². The van der Waals surface area contributed by atoms with Crippen molar-refractivity contribution in [3.8, 4) is 11.5 Å². The second kappa shape index (κ2) is 9.53. The van der Waals surface area contributed by atoms with E-state index in [0.717, 1.165) is 16.8 Å². The van der Waals surface area contributed by atoms with Gasteiger partial charge in [0.2, 0.25) is 0 Å². The molecule has 0 saturated carbocycles. The normalized spacial score (nSPS) is 10.9. The highest BCUT2D eigenvalue weighted by Crippen LogP contribution is 2.22. The fraction of sp³-hybridized carbons (Fsp3) is 0.174. The van der Waals surface area contributed by atoms with Crippen LogP contribution in [0.25, 0.3) is 0 Å². The maximum atomic E-state index is 12.6. The van der Waals surface area contributed by atoms with Crippen molar-refractivity contribution < 1.29 is 22.7 Å². The topological polar surface area (TPSA) is 93.7 Å². The predicted octanol–water partition coefficient (Wildman–Crippen LogP) is 4.13. The van der Waals surface area contributed by atoms with Gasteiger partial charge in [-0.15, -0.1) is 0 Å². The molecule has 0 spiro atoms. The fourth-order valence-electron chi connectivity index (χ4n) is 2.84. The highest BCUT2D eigenvalue weighted by Gasteiger charge is 2.15. The molecule has 1 amide bonds. The molecule has 0 aromatic heterocycles. The predicted molar refractivity (Wildman–Crippen MR) is 120 cm³/mol. The number of hydrogen-bond acceptors (Lipinski definition) is 5. The summed E-state index contributed by atoms with van der Waals surface area (Å²) < 4.78 is 38.3. The van der Waals surface area contributed by atoms with Crippen molar-refractivity contribution in [2.45, 2.75) is 18.7 Å². The van der Waals surface area contributed by atoms with Crippen molar-refractivity contribution >= 4 is 27.3 Å². The van der Waals surface area contributed by atoms with Crippen LogP contribution in [-0.2, 0) is 14.8 Å². The largest absolute Gasteiger partial charge is 0.497 e. The van der Waals surface area contributed by atoms with Crippen molar-refractivity contribution in [3.05, 3.63) is 77.9 Å². The van der Waals surface area contributed by atoms with E-state index >= 15 is 0 Å². The second-order valence-electron chi connectivity index (χ2n) is 6.89. The Morgan fingerprint density at radius 1 is 0.935 bits per heavy atom. The lowest BCUT2D eigenvalue weighted by Gasteiger charge is -2.12. The summed E-state index contributed by atoms with van der Waals surface area (Å²) >= 11 is 0. The number of aryl methyl sites for hydroxylation is 1. The van der Waals surface area contributed by atoms with Gasteiger partial charge in [0.1, 0.15) is 11.5 Å². The van der Waals surface area contributed by atoms with Crippen molar-refractivity contribution in [2.24, 2.45) is 0 Å². The Morgan fingerprint density at radius 3 is 2.35 bits per heavy atom. The first-order chi connectivity index (χ1) is 14.8. The van der Waals surface area contributed by atoms with E-state index in [1.165, 1.54) is 31.4 Å². The summed E-state index contributed by atoms with van der Waals surface area (Å²) in [5.74, 6) is 0.629. The highest BCUT2D eigenvalue weighted by molar-refractivity contribution is 7.92. The third-order valence-corrected chi connectivity index (χ3v) is 6.10. The van der Waals surface area contributed by atoms with Crippen LogP contribution in [0.5, 0.6) is 11.5 Å². The van der Waals surface area contributed by atoms with Crippen LogP contribution in [-0.4, -0.2) is 28.0 Å². The molecule has 0 aliphatic heterocycles. The Hall–Kier alpha value is -3.52. The molecule has 8 heteroatoms. The summed E-state index contributed by atoms with van der Waals surface area (Å²) in [4.78, 5) is 12.3. The molecular formula is C23H24N2O5S. The molecule has 31 heavy (non-hydrogen) atoms. The molecule has 0 atom stereocenters. The Balaban J connectivity index is 1.60. The third kappa shape index (κ3) is 5.76. The van der Waals surface area contributed by atoms with Gasteiger partial charge in [-0.3, -0.25) is 9.52 Å². The second-order valence-corrected chi connectivity index (χ2v) is 8.58. The summed E-state index contributed by atoms with van der Waals surface area (Å²) in [6.07, 6.45) is 0. The van der Waals surface area contributed by atoms with Crippen molar-refractivity contribution in [1.29, 1.82) is 0 Å². The third-order valence-electron chi connectivity index (χ3n) is 4.70. The number of benzene rings is 3. The van der Waals surface area contributed by atoms with E-state index in [0.29, 0.717) is 17.2 Å². The van der Waals surface area contributed by atoms with E-state index in [9.17, 15) is 13.2 Å². The molecule has 3 aromatic carbocycles. The molecule has 162 valence electrons. The number of amides is 1. The number of anilines is 2. The van der Waals surface area contributed by atoms with Crippen LogP contribution in [0.3, 0.4) is 0 Å². The lowest BCUT2D eigenvalue weighted by Crippen LogP contribution is -2.20. The van der Waals surface area contributed by atoms with E-state index in [-0.39, 0.29) is 17.4 Å². The Labute approximate surface area is 182 Å². The number of carbonyl (C=O) groups excluding carboxylic acids is 1. The smallest absolute Gasteiger partial charge is 0.262 e. The van der Waals surface area contributed by atoms with Gasteiger partial charge < -0.3 is 14.8 Å². The minimum Gasteiger partial charge on any atom is -0.497 e. The molecule has 0 heterocycles. The van der Waals surface area contributed by atoms with Gasteiger partial charge in [0, 0.05) is 11.8 Å². The lowest BCUT2D eigenvalue weighted by molar-refractivity contribution is -0.118. The van der Waals surface area contributed by atoms with Gasteiger partial charge in [0.05, 0.1) is 17.7 Å². The molecule has 3 rings (SSSR count). The van der Waals surface area contributed by atoms with Crippen LogP contribution in [0.2, 0.25) is 0 Å². The number of ether oxygens (including phenoxy) is 2. The maximum Gasteiger partial charge on any atom is 0.262 e. The van der Waals surface area contributed by atoms with Crippen LogP contribution >= 0.6 is 0 Å². The lowest BCUT2D eigenvalue weighted by atomic mass is 10.1. The number of nitrogens with one attached hydrogen (secondary N) is 2. The Kier molecular flexibility index (Phi) is 6.81. The molecule has 0 radical (unpaired) electrons. The summed E-state index contributed by atoms with van der Waals surface area (Å²) in [5.41, 5.74) is 3.20. The first-order valence-electron chi connectivity index (χ1n) is 9.54. The number of carbonyl (C=O) groups is 1. The van der Waals surface area contributed by atoms with Gasteiger partial charge in [-0.25, -0.2) is 8.42 Å². The maximum absolute atomic E-state index is 12.6. The van der Waals surface area contributed by atoms with E-state index < -0.39 is 10.0 Å². The fourth-order valence-corrected chi connectivity index (χ4v) is 3.89. The van der Waals surface area contributed by atoms with Crippen molar-refractivity contribution in [2.75, 3.05) is 23.8 Å². The molecule has 2 N–H and O–H groups in total. The van der Waals surface area contributed by atoms with E-state index in [1.807, 2.05) is 32.0 Å². The van der Waals surface area contributed by atoms with E-state index in [4.69, 9.17) is 9.47 Å². The average molecular weight is 441 g/mol. The van der Waals surface area contributed by atoms with Crippen molar-refractivity contribution in [1.82, 2.24) is 0 Å². The van der Waals surface area contributed by atoms with Gasteiger partial charge in [-0.05, 0) is 67.4 Å². The number of rotatable bonds is 8. The average Bonchev–Trinajstić information content (AvgIpc) is 2.75. The molecule has 0 bridgehead atoms. The molecular weight excluding hydrogens is 416 g/mol. The zero-order chi connectivity index (χ0) is 22.4. The van der Waals surface area contributed by atoms with E-state index in [2.05, 4.69) is 10.0 Å². The molecule has 0 saturated heterocycles.